The molecule has 0 aliphatic carbocycles. The van der Waals surface area contributed by atoms with Crippen molar-refractivity contribution in [2.45, 2.75) is 39.8 Å². The molecule has 0 saturated carbocycles. The highest BCUT2D eigenvalue weighted by Crippen LogP contribution is 2.48. The lowest BCUT2D eigenvalue weighted by atomic mass is 10.0. The minimum absolute atomic E-state index is 0.0640. The lowest BCUT2D eigenvalue weighted by Gasteiger charge is -2.32. The summed E-state index contributed by atoms with van der Waals surface area (Å²) in [7, 11) is -2.64. The van der Waals surface area contributed by atoms with Crippen LogP contribution in [0.4, 0.5) is 0 Å². The van der Waals surface area contributed by atoms with Gasteiger partial charge in [0.2, 0.25) is 0 Å². The van der Waals surface area contributed by atoms with Crippen LogP contribution >= 0.6 is 7.79 Å². The van der Waals surface area contributed by atoms with E-state index in [2.05, 4.69) is 62.2 Å². The van der Waals surface area contributed by atoms with Gasteiger partial charge in [-0.15, -0.1) is 0 Å². The molecule has 1 aromatic rings. The Morgan fingerprint density at radius 3 is 2.41 bits per heavy atom. The molecule has 0 amide bonds. The van der Waals surface area contributed by atoms with Gasteiger partial charge in [-0.3, -0.25) is 0 Å². The molecular weight excluding hydrogens is 291 g/mol. The van der Waals surface area contributed by atoms with Crippen molar-refractivity contribution in [3.63, 3.8) is 0 Å². The summed E-state index contributed by atoms with van der Waals surface area (Å²) in [5, 5.41) is 6.57. The highest BCUT2D eigenvalue weighted by molar-refractivity contribution is 7.68. The Morgan fingerprint density at radius 1 is 1.18 bits per heavy atom. The Morgan fingerprint density at radius 2 is 1.86 bits per heavy atom. The molecule has 1 aliphatic heterocycles. The Bertz CT molecular complexity index is 527. The summed E-state index contributed by atoms with van der Waals surface area (Å²) < 4.78 is 0. The van der Waals surface area contributed by atoms with Crippen LogP contribution in [0.25, 0.3) is 6.08 Å². The van der Waals surface area contributed by atoms with Gasteiger partial charge in [-0.25, -0.2) is 0 Å². The summed E-state index contributed by atoms with van der Waals surface area (Å²) in [6.45, 7) is 8.54. The Balaban J connectivity index is 2.04. The number of hydrogen-bond donors (Lipinski definition) is 2. The summed E-state index contributed by atoms with van der Waals surface area (Å²) in [5.41, 5.74) is 1.16. The molecule has 1 aromatic carbocycles. The zero-order valence-corrected chi connectivity index (χ0v) is 14.8. The third-order valence-electron chi connectivity index (χ3n) is 3.92. The molecule has 0 bridgehead atoms. The highest BCUT2D eigenvalue weighted by Gasteiger charge is 2.35. The first kappa shape index (κ1) is 17.4. The fourth-order valence-corrected chi connectivity index (χ4v) is 4.72. The van der Waals surface area contributed by atoms with Gasteiger partial charge in [0.25, 0.3) is 0 Å². The first-order valence-electron chi connectivity index (χ1n) is 7.97. The topological polar surface area (TPSA) is 47.1 Å². The van der Waals surface area contributed by atoms with Crippen molar-refractivity contribution in [3.8, 4) is 0 Å². The van der Waals surface area contributed by atoms with E-state index in [0.29, 0.717) is 11.8 Å². The van der Waals surface area contributed by atoms with Gasteiger partial charge in [0, 0.05) is 0 Å². The molecule has 4 heteroatoms. The first-order chi connectivity index (χ1) is 10.4. The second-order valence-electron chi connectivity index (χ2n) is 6.57. The Labute approximate surface area is 135 Å². The number of rotatable bonds is 6. The molecule has 0 fully saturated rings. The van der Waals surface area contributed by atoms with Crippen molar-refractivity contribution in [1.82, 2.24) is 10.2 Å². The Hall–Kier alpha value is -0.990. The van der Waals surface area contributed by atoms with Crippen molar-refractivity contribution in [2.75, 3.05) is 0 Å². The van der Waals surface area contributed by atoms with Crippen LogP contribution in [-0.2, 0) is 0 Å². The molecule has 2 N–H and O–H groups in total. The standard InChI is InChI=1S/C18H27N2OP/c1-14(2)17(11-10-16-8-6-5-7-9-16)19-22(21)13-12-18(20-22)15(3)4/h5-15,17-18H,1-4H3,(H2,19,20,21)/b11-10+/t17-,18-,22?/m1/s1. The molecule has 3 atom stereocenters. The molecule has 0 spiro atoms. The van der Waals surface area contributed by atoms with E-state index in [0.717, 1.165) is 5.56 Å². The number of nitrogens with one attached hydrogen (secondary N) is 2. The van der Waals surface area contributed by atoms with Crippen LogP contribution in [-0.4, -0.2) is 12.1 Å². The largest absolute Gasteiger partial charge is 0.647 e. The fraction of sp³-hybridized carbons (Fsp3) is 0.444. The van der Waals surface area contributed by atoms with Crippen LogP contribution in [0.2, 0.25) is 0 Å². The first-order valence-corrected chi connectivity index (χ1v) is 9.75. The molecule has 3 nitrogen and oxygen atoms in total. The zero-order valence-electron chi connectivity index (χ0n) is 13.9. The van der Waals surface area contributed by atoms with Gasteiger partial charge < -0.3 is 4.89 Å². The molecule has 0 saturated heterocycles. The monoisotopic (exact) mass is 318 g/mol. The predicted molar refractivity (Wildman–Crippen MR) is 95.1 cm³/mol. The van der Waals surface area contributed by atoms with E-state index in [1.807, 2.05) is 30.1 Å². The van der Waals surface area contributed by atoms with E-state index < -0.39 is 7.79 Å². The second kappa shape index (κ2) is 7.52. The average Bonchev–Trinajstić information content (AvgIpc) is 2.87. The minimum atomic E-state index is -2.64. The van der Waals surface area contributed by atoms with Crippen molar-refractivity contribution in [1.29, 1.82) is 0 Å². The van der Waals surface area contributed by atoms with Crippen LogP contribution in [0, 0.1) is 11.8 Å². The van der Waals surface area contributed by atoms with E-state index in [9.17, 15) is 4.89 Å². The van der Waals surface area contributed by atoms with Gasteiger partial charge >= 0.3 is 0 Å². The van der Waals surface area contributed by atoms with Crippen LogP contribution < -0.4 is 15.1 Å². The summed E-state index contributed by atoms with van der Waals surface area (Å²) in [6, 6.07) is 10.4. The summed E-state index contributed by atoms with van der Waals surface area (Å²) in [5.74, 6) is 2.62. The molecule has 1 heterocycles. The van der Waals surface area contributed by atoms with E-state index >= 15 is 0 Å². The van der Waals surface area contributed by atoms with Crippen molar-refractivity contribution < 1.29 is 4.89 Å². The lowest BCUT2D eigenvalue weighted by molar-refractivity contribution is -0.173. The summed E-state index contributed by atoms with van der Waals surface area (Å²) >= 11 is 0. The quantitative estimate of drug-likeness (QED) is 0.788. The molecule has 2 rings (SSSR count). The van der Waals surface area contributed by atoms with Gasteiger partial charge in [0.05, 0.1) is 17.9 Å². The van der Waals surface area contributed by atoms with Crippen molar-refractivity contribution in [2.24, 2.45) is 11.8 Å². The van der Waals surface area contributed by atoms with Gasteiger partial charge in [-0.1, -0.05) is 70.2 Å². The van der Waals surface area contributed by atoms with Crippen molar-refractivity contribution >= 4 is 13.9 Å². The van der Waals surface area contributed by atoms with E-state index in [1.54, 1.807) is 0 Å². The minimum Gasteiger partial charge on any atom is -0.647 e. The molecule has 0 aromatic heterocycles. The molecule has 120 valence electrons. The maximum absolute atomic E-state index is 12.9. The van der Waals surface area contributed by atoms with Crippen LogP contribution in [0.15, 0.2) is 48.3 Å². The molecular formula is C18H27N2OP. The van der Waals surface area contributed by atoms with Crippen LogP contribution in [0.1, 0.15) is 33.3 Å². The Kier molecular flexibility index (Phi) is 5.94. The van der Waals surface area contributed by atoms with Crippen LogP contribution in [0.3, 0.4) is 0 Å². The third-order valence-corrected chi connectivity index (χ3v) is 5.87. The zero-order chi connectivity index (χ0) is 16.2. The van der Waals surface area contributed by atoms with Gasteiger partial charge in [0.15, 0.2) is 0 Å². The van der Waals surface area contributed by atoms with E-state index in [-0.39, 0.29) is 12.1 Å². The van der Waals surface area contributed by atoms with Gasteiger partial charge in [-0.05, 0) is 23.5 Å². The average molecular weight is 318 g/mol. The van der Waals surface area contributed by atoms with Crippen LogP contribution in [0.5, 0.6) is 0 Å². The third kappa shape index (κ3) is 4.76. The molecule has 0 radical (unpaired) electrons. The maximum atomic E-state index is 12.9. The van der Waals surface area contributed by atoms with E-state index in [4.69, 9.17) is 0 Å². The number of hydrogen-bond acceptors (Lipinski definition) is 3. The summed E-state index contributed by atoms with van der Waals surface area (Å²) in [6.07, 6.45) is 6.22. The smallest absolute Gasteiger partial charge is 0.128 e. The maximum Gasteiger partial charge on any atom is 0.128 e. The number of benzene rings is 1. The molecule has 1 aliphatic rings. The molecule has 22 heavy (non-hydrogen) atoms. The summed E-state index contributed by atoms with van der Waals surface area (Å²) in [4.78, 5) is 12.9. The SMILES string of the molecule is CC(C)[C@H]1C=C[P+]([O-])(N[C@H](/C=C/c2ccccc2)C(C)C)N1. The second-order valence-corrected chi connectivity index (χ2v) is 8.70. The normalized spacial score (nSPS) is 26.4. The highest BCUT2D eigenvalue weighted by atomic mass is 31.2. The van der Waals surface area contributed by atoms with Crippen molar-refractivity contribution in [3.05, 3.63) is 53.9 Å². The van der Waals surface area contributed by atoms with E-state index in [1.165, 1.54) is 0 Å². The fourth-order valence-electron chi connectivity index (χ4n) is 2.39. The molecule has 1 unspecified atom stereocenters. The predicted octanol–water partition coefficient (Wildman–Crippen LogP) is 3.58. The van der Waals surface area contributed by atoms with Gasteiger partial charge in [-0.2, -0.15) is 10.2 Å². The lowest BCUT2D eigenvalue weighted by Crippen LogP contribution is -2.43. The van der Waals surface area contributed by atoms with Gasteiger partial charge in [0.1, 0.15) is 7.79 Å².